The fourth-order valence-corrected chi connectivity index (χ4v) is 7.44. The number of fused-ring (bicyclic) bond motifs is 11. The molecule has 4 heteroatoms. The van der Waals surface area contributed by atoms with E-state index in [1.165, 1.54) is 59.8 Å². The van der Waals surface area contributed by atoms with E-state index in [2.05, 4.69) is 159 Å². The van der Waals surface area contributed by atoms with Gasteiger partial charge < -0.3 is 14.4 Å². The molecule has 0 atom stereocenters. The Morgan fingerprint density at radius 2 is 1.25 bits per heavy atom. The zero-order chi connectivity index (χ0) is 35.3. The third kappa shape index (κ3) is 6.08. The summed E-state index contributed by atoms with van der Waals surface area (Å²) in [7, 11) is 0. The van der Waals surface area contributed by atoms with Crippen molar-refractivity contribution in [2.24, 2.45) is 0 Å². The van der Waals surface area contributed by atoms with Gasteiger partial charge in [-0.25, -0.2) is 0 Å². The molecule has 3 aromatic heterocycles. The molecular formula is C49H36IrN2O-2. The average molecular weight is 861 g/mol. The van der Waals surface area contributed by atoms with Crippen molar-refractivity contribution >= 4 is 65.0 Å². The number of aryl methyl sites for hydroxylation is 2. The quantitative estimate of drug-likeness (QED) is 0.131. The number of nitrogens with zero attached hydrogens (tertiary/aromatic N) is 2. The van der Waals surface area contributed by atoms with Gasteiger partial charge in [-0.05, 0) is 86.6 Å². The predicted octanol–water partition coefficient (Wildman–Crippen LogP) is 13.3. The maximum Gasteiger partial charge on any atom is 0.121 e. The Hall–Kier alpha value is -5.67. The van der Waals surface area contributed by atoms with Crippen LogP contribution in [0.1, 0.15) is 36.5 Å². The molecule has 0 saturated heterocycles. The van der Waals surface area contributed by atoms with Gasteiger partial charge in [0.2, 0.25) is 0 Å². The largest absolute Gasteiger partial charge is 0.500 e. The van der Waals surface area contributed by atoms with Crippen molar-refractivity contribution in [1.29, 1.82) is 0 Å². The van der Waals surface area contributed by atoms with E-state index in [4.69, 9.17) is 4.42 Å². The number of rotatable bonds is 3. The maximum atomic E-state index is 6.30. The number of hydrogen-bond donors (Lipinski definition) is 0. The molecule has 53 heavy (non-hydrogen) atoms. The van der Waals surface area contributed by atoms with E-state index in [9.17, 15) is 0 Å². The summed E-state index contributed by atoms with van der Waals surface area (Å²) in [6.45, 7) is 8.62. The number of benzene rings is 7. The molecular weight excluding hydrogens is 825 g/mol. The van der Waals surface area contributed by atoms with E-state index >= 15 is 0 Å². The van der Waals surface area contributed by atoms with Gasteiger partial charge in [-0.2, -0.15) is 0 Å². The van der Waals surface area contributed by atoms with Crippen LogP contribution in [0.4, 0.5) is 0 Å². The topological polar surface area (TPSA) is 38.9 Å². The van der Waals surface area contributed by atoms with Gasteiger partial charge in [0.15, 0.2) is 0 Å². The summed E-state index contributed by atoms with van der Waals surface area (Å²) in [6, 6.07) is 51.3. The van der Waals surface area contributed by atoms with Crippen LogP contribution in [-0.4, -0.2) is 9.97 Å². The van der Waals surface area contributed by atoms with Gasteiger partial charge >= 0.3 is 0 Å². The Bertz CT molecular complexity index is 2940. The first kappa shape index (κ1) is 34.4. The van der Waals surface area contributed by atoms with E-state index in [0.717, 1.165) is 44.5 Å². The SMILES string of the molecule is CC(C)c1cc[c-]c(-c2nccc3ccccc23)c1.Cc1cnc(-c2[c-]cc3oc4ccc5c6ccccc6c6ccccc6c5c4c3c2)cc1C.[Ir]. The smallest absolute Gasteiger partial charge is 0.121 e. The van der Waals surface area contributed by atoms with Crippen molar-refractivity contribution < 1.29 is 24.5 Å². The van der Waals surface area contributed by atoms with Gasteiger partial charge in [-0.3, -0.25) is 0 Å². The summed E-state index contributed by atoms with van der Waals surface area (Å²) in [5.74, 6) is 0.517. The van der Waals surface area contributed by atoms with Crippen molar-refractivity contribution in [2.75, 3.05) is 0 Å². The second kappa shape index (κ2) is 14.0. The van der Waals surface area contributed by atoms with Crippen molar-refractivity contribution in [3.8, 4) is 22.5 Å². The Morgan fingerprint density at radius 1 is 0.566 bits per heavy atom. The molecule has 0 amide bonds. The van der Waals surface area contributed by atoms with Gasteiger partial charge in [0.05, 0.1) is 5.58 Å². The molecule has 7 aromatic carbocycles. The van der Waals surface area contributed by atoms with Gasteiger partial charge in [-0.1, -0.05) is 110 Å². The summed E-state index contributed by atoms with van der Waals surface area (Å²) < 4.78 is 6.30. The first-order valence-electron chi connectivity index (χ1n) is 17.8. The van der Waals surface area contributed by atoms with Crippen molar-refractivity contribution in [1.82, 2.24) is 9.97 Å². The minimum absolute atomic E-state index is 0. The molecule has 10 aromatic rings. The van der Waals surface area contributed by atoms with Crippen LogP contribution in [-0.2, 0) is 20.1 Å². The van der Waals surface area contributed by atoms with Crippen LogP contribution in [0.3, 0.4) is 0 Å². The maximum absolute atomic E-state index is 6.30. The van der Waals surface area contributed by atoms with Crippen LogP contribution >= 0.6 is 0 Å². The Balaban J connectivity index is 0.000000171. The zero-order valence-corrected chi connectivity index (χ0v) is 32.4. The van der Waals surface area contributed by atoms with Crippen molar-refractivity contribution in [3.05, 3.63) is 169 Å². The molecule has 10 rings (SSSR count). The predicted molar refractivity (Wildman–Crippen MR) is 218 cm³/mol. The third-order valence-electron chi connectivity index (χ3n) is 10.3. The molecule has 0 aliphatic rings. The molecule has 0 aliphatic carbocycles. The molecule has 0 spiro atoms. The molecule has 0 fully saturated rings. The number of hydrogen-bond acceptors (Lipinski definition) is 3. The standard InChI is InChI=1S/C31H20NO.C18H16N.Ir/c1-18-15-27(32-17-19(18)2)20-11-13-28-26(16-20)31-29(33-28)14-12-25-23-9-4-3-7-21(23)22-8-5-6-10-24(22)30(25)31;1-13(2)15-7-5-8-16(12-15)18-17-9-4-3-6-14(17)10-11-19-18;/h3-10,12-17H,1-2H3;3-7,9-13H,1-2H3;/q2*-1;. The Kier molecular flexibility index (Phi) is 9.12. The molecule has 0 bridgehead atoms. The van der Waals surface area contributed by atoms with E-state index in [-0.39, 0.29) is 20.1 Å². The van der Waals surface area contributed by atoms with Crippen LogP contribution in [0.15, 0.2) is 144 Å². The normalized spacial score (nSPS) is 11.4. The van der Waals surface area contributed by atoms with Crippen LogP contribution < -0.4 is 0 Å². The van der Waals surface area contributed by atoms with E-state index in [1.54, 1.807) is 0 Å². The van der Waals surface area contributed by atoms with Crippen LogP contribution in [0.25, 0.3) is 87.5 Å². The van der Waals surface area contributed by atoms with Gasteiger partial charge in [0, 0.05) is 43.3 Å². The minimum atomic E-state index is 0. The van der Waals surface area contributed by atoms with Gasteiger partial charge in [0.25, 0.3) is 0 Å². The first-order chi connectivity index (χ1) is 25.4. The fourth-order valence-electron chi connectivity index (χ4n) is 7.44. The first-order valence-corrected chi connectivity index (χ1v) is 17.8. The summed E-state index contributed by atoms with van der Waals surface area (Å²) in [5.41, 5.74) is 9.50. The molecule has 259 valence electrons. The number of furan rings is 1. The third-order valence-corrected chi connectivity index (χ3v) is 10.3. The van der Waals surface area contributed by atoms with Gasteiger partial charge in [0.1, 0.15) is 5.58 Å². The molecule has 0 saturated carbocycles. The van der Waals surface area contributed by atoms with E-state index in [0.29, 0.717) is 5.92 Å². The summed E-state index contributed by atoms with van der Waals surface area (Å²) in [4.78, 5) is 9.22. The Labute approximate surface area is 322 Å². The fraction of sp³-hybridized carbons (Fsp3) is 0.102. The Morgan fingerprint density at radius 3 is 1.98 bits per heavy atom. The number of pyridine rings is 2. The second-order valence-corrected chi connectivity index (χ2v) is 13.9. The summed E-state index contributed by atoms with van der Waals surface area (Å²) in [6.07, 6.45) is 3.80. The molecule has 0 N–H and O–H groups in total. The van der Waals surface area contributed by atoms with Gasteiger partial charge in [-0.15, -0.1) is 59.2 Å². The number of aromatic nitrogens is 2. The molecule has 3 nitrogen and oxygen atoms in total. The minimum Gasteiger partial charge on any atom is -0.500 e. The van der Waals surface area contributed by atoms with E-state index in [1.807, 2.05) is 30.6 Å². The molecule has 0 unspecified atom stereocenters. The van der Waals surface area contributed by atoms with E-state index < -0.39 is 0 Å². The monoisotopic (exact) mass is 861 g/mol. The van der Waals surface area contributed by atoms with Crippen LogP contribution in [0.2, 0.25) is 0 Å². The zero-order valence-electron chi connectivity index (χ0n) is 30.0. The molecule has 3 heterocycles. The van der Waals surface area contributed by atoms with Crippen molar-refractivity contribution in [2.45, 2.75) is 33.6 Å². The van der Waals surface area contributed by atoms with Crippen LogP contribution in [0.5, 0.6) is 0 Å². The summed E-state index contributed by atoms with van der Waals surface area (Å²) in [5, 5.41) is 12.2. The molecule has 0 aliphatic heterocycles. The average Bonchev–Trinajstić information content (AvgIpc) is 3.57. The summed E-state index contributed by atoms with van der Waals surface area (Å²) >= 11 is 0. The van der Waals surface area contributed by atoms with Crippen LogP contribution in [0, 0.1) is 26.0 Å². The molecule has 1 radical (unpaired) electrons. The van der Waals surface area contributed by atoms with Crippen molar-refractivity contribution in [3.63, 3.8) is 0 Å². The second-order valence-electron chi connectivity index (χ2n) is 13.9.